The second-order valence-electron chi connectivity index (χ2n) is 10.7. The van der Waals surface area contributed by atoms with E-state index in [4.69, 9.17) is 10.5 Å². The van der Waals surface area contributed by atoms with Crippen molar-refractivity contribution in [2.45, 2.75) is 59.1 Å². The first-order valence-electron chi connectivity index (χ1n) is 14.9. The molecule has 0 aliphatic heterocycles. The third-order valence-corrected chi connectivity index (χ3v) is 6.31. The third-order valence-electron chi connectivity index (χ3n) is 6.31. The van der Waals surface area contributed by atoms with Crippen LogP contribution in [0.2, 0.25) is 0 Å². The molecule has 12 nitrogen and oxygen atoms in total. The predicted octanol–water partition coefficient (Wildman–Crippen LogP) is 3.28. The summed E-state index contributed by atoms with van der Waals surface area (Å²) in [6.45, 7) is 6.83. The highest BCUT2D eigenvalue weighted by atomic mass is 16.5. The number of aromatic nitrogens is 1. The second-order valence-corrected chi connectivity index (χ2v) is 10.7. The molecule has 0 aliphatic rings. The number of amides is 5. The van der Waals surface area contributed by atoms with Gasteiger partial charge in [0.1, 0.15) is 18.4 Å². The summed E-state index contributed by atoms with van der Waals surface area (Å²) >= 11 is 0. The molecule has 0 unspecified atom stereocenters. The molecule has 3 aromatic rings. The summed E-state index contributed by atoms with van der Waals surface area (Å²) in [6.07, 6.45) is 4.84. The third kappa shape index (κ3) is 12.7. The Labute approximate surface area is 259 Å². The van der Waals surface area contributed by atoms with E-state index >= 15 is 0 Å². The van der Waals surface area contributed by atoms with Crippen LogP contribution < -0.4 is 31.7 Å². The van der Waals surface area contributed by atoms with Gasteiger partial charge in [0.05, 0.1) is 6.54 Å². The summed E-state index contributed by atoms with van der Waals surface area (Å²) in [4.78, 5) is 52.7. The van der Waals surface area contributed by atoms with Gasteiger partial charge in [0.2, 0.25) is 17.7 Å². The van der Waals surface area contributed by atoms with Gasteiger partial charge >= 0.3 is 6.03 Å². The highest BCUT2D eigenvalue weighted by molar-refractivity contribution is 5.97. The van der Waals surface area contributed by atoms with Crippen molar-refractivity contribution in [3.05, 3.63) is 59.8 Å². The number of fused-ring (bicyclic) bond motifs is 1. The number of anilines is 1. The van der Waals surface area contributed by atoms with E-state index in [2.05, 4.69) is 45.0 Å². The maximum absolute atomic E-state index is 13.0. The highest BCUT2D eigenvalue weighted by Crippen LogP contribution is 2.30. The lowest BCUT2D eigenvalue weighted by Gasteiger charge is -2.19. The number of benzene rings is 2. The first-order chi connectivity index (χ1) is 21.0. The van der Waals surface area contributed by atoms with Gasteiger partial charge in [-0.05, 0) is 68.8 Å². The minimum absolute atomic E-state index is 0.249. The fourth-order valence-corrected chi connectivity index (χ4v) is 4.19. The SMILES string of the molecule is CC(=O)NCC(=O)N[C@@H](CCCNC(N)=O)C(=O)Nc1ccc(COc2cccc3[nH]cc(CCN(C)C)c23)cc1.CCC. The molecule has 2 aromatic carbocycles. The molecule has 0 aliphatic carbocycles. The topological polar surface area (TPSA) is 171 Å². The van der Waals surface area contributed by atoms with E-state index < -0.39 is 23.9 Å². The van der Waals surface area contributed by atoms with Crippen molar-refractivity contribution in [1.82, 2.24) is 25.8 Å². The van der Waals surface area contributed by atoms with Crippen molar-refractivity contribution >= 4 is 40.3 Å². The lowest BCUT2D eigenvalue weighted by molar-refractivity contribution is -0.127. The molecule has 1 aromatic heterocycles. The number of aromatic amines is 1. The van der Waals surface area contributed by atoms with Gasteiger partial charge in [-0.3, -0.25) is 14.4 Å². The zero-order chi connectivity index (χ0) is 32.5. The number of hydrogen-bond donors (Lipinski definition) is 6. The minimum Gasteiger partial charge on any atom is -0.488 e. The van der Waals surface area contributed by atoms with Crippen molar-refractivity contribution in [2.24, 2.45) is 5.73 Å². The van der Waals surface area contributed by atoms with Gasteiger partial charge in [-0.2, -0.15) is 0 Å². The number of hydrogen-bond acceptors (Lipinski definition) is 6. The Hall–Kier alpha value is -4.58. The van der Waals surface area contributed by atoms with E-state index in [0.717, 1.165) is 35.2 Å². The van der Waals surface area contributed by atoms with Crippen LogP contribution in [0.3, 0.4) is 0 Å². The molecule has 1 heterocycles. The number of carbonyl (C=O) groups excluding carboxylic acids is 4. The number of ether oxygens (including phenoxy) is 1. The number of urea groups is 1. The van der Waals surface area contributed by atoms with Crippen LogP contribution in [-0.2, 0) is 27.4 Å². The van der Waals surface area contributed by atoms with E-state index in [-0.39, 0.29) is 25.4 Å². The quantitative estimate of drug-likeness (QED) is 0.144. The smallest absolute Gasteiger partial charge is 0.312 e. The average molecular weight is 610 g/mol. The second kappa shape index (κ2) is 18.9. The minimum atomic E-state index is -0.877. The molecular weight excluding hydrogens is 562 g/mol. The van der Waals surface area contributed by atoms with Gasteiger partial charge in [-0.1, -0.05) is 38.5 Å². The Balaban J connectivity index is 0.00000216. The molecule has 3 rings (SSSR count). The normalized spacial score (nSPS) is 11.2. The molecule has 0 fully saturated rings. The molecule has 1 atom stereocenters. The Morgan fingerprint density at radius 3 is 2.36 bits per heavy atom. The molecule has 0 radical (unpaired) electrons. The largest absolute Gasteiger partial charge is 0.488 e. The number of likely N-dealkylation sites (N-methyl/N-ethyl adjacent to an activating group) is 1. The van der Waals surface area contributed by atoms with Crippen LogP contribution in [0.4, 0.5) is 10.5 Å². The lowest BCUT2D eigenvalue weighted by Crippen LogP contribution is -2.47. The zero-order valence-corrected chi connectivity index (χ0v) is 26.4. The molecule has 0 saturated heterocycles. The van der Waals surface area contributed by atoms with Crippen LogP contribution in [0, 0.1) is 0 Å². The van der Waals surface area contributed by atoms with Gasteiger partial charge in [0, 0.05) is 42.8 Å². The van der Waals surface area contributed by atoms with Crippen LogP contribution in [0.25, 0.3) is 10.9 Å². The number of rotatable bonds is 15. The number of primary amides is 1. The number of H-pyrrole nitrogens is 1. The van der Waals surface area contributed by atoms with Crippen LogP contribution in [0.15, 0.2) is 48.7 Å². The number of carbonyl (C=O) groups is 4. The zero-order valence-electron chi connectivity index (χ0n) is 26.4. The Morgan fingerprint density at radius 1 is 1.02 bits per heavy atom. The Bertz CT molecular complexity index is 1350. The number of nitrogens with two attached hydrogens (primary N) is 1. The van der Waals surface area contributed by atoms with Gasteiger partial charge in [-0.25, -0.2) is 4.79 Å². The maximum atomic E-state index is 13.0. The first-order valence-corrected chi connectivity index (χ1v) is 14.9. The van der Waals surface area contributed by atoms with Gasteiger partial charge in [0.25, 0.3) is 0 Å². The van der Waals surface area contributed by atoms with Crippen molar-refractivity contribution in [3.8, 4) is 5.75 Å². The average Bonchev–Trinajstić information content (AvgIpc) is 3.40. The monoisotopic (exact) mass is 609 g/mol. The standard InChI is InChI=1S/C29H39N7O5.C3H8/c1-19(37)32-17-26(38)35-24(7-5-14-31-29(30)40)28(39)34-22-11-9-20(10-12-22)18-41-25-8-4-6-23-27(25)21(16-33-23)13-15-36(2)3;1-3-2/h4,6,8-12,16,24,33H,5,7,13-15,17-18H2,1-3H3,(H,32,37)(H,34,39)(H,35,38)(H3,30,31,40);3H2,1-2H3/t24-;/m0./s1. The molecule has 0 spiro atoms. The van der Waals surface area contributed by atoms with Crippen molar-refractivity contribution in [1.29, 1.82) is 0 Å². The molecule has 240 valence electrons. The summed E-state index contributed by atoms with van der Waals surface area (Å²) in [5.74, 6) is -0.476. The van der Waals surface area contributed by atoms with Crippen molar-refractivity contribution in [2.75, 3.05) is 39.0 Å². The Morgan fingerprint density at radius 2 is 1.73 bits per heavy atom. The molecule has 0 bridgehead atoms. The summed E-state index contributed by atoms with van der Waals surface area (Å²) < 4.78 is 6.19. The summed E-state index contributed by atoms with van der Waals surface area (Å²) in [5, 5.41) is 11.4. The molecular formula is C32H47N7O5. The van der Waals surface area contributed by atoms with Crippen LogP contribution in [0.5, 0.6) is 5.75 Å². The molecule has 5 amide bonds. The maximum Gasteiger partial charge on any atom is 0.312 e. The summed E-state index contributed by atoms with van der Waals surface area (Å²) in [6, 6.07) is 11.7. The van der Waals surface area contributed by atoms with Crippen LogP contribution >= 0.6 is 0 Å². The fraction of sp³-hybridized carbons (Fsp3) is 0.438. The van der Waals surface area contributed by atoms with E-state index in [1.54, 1.807) is 12.1 Å². The van der Waals surface area contributed by atoms with E-state index in [9.17, 15) is 19.2 Å². The predicted molar refractivity (Wildman–Crippen MR) is 173 cm³/mol. The fourth-order valence-electron chi connectivity index (χ4n) is 4.19. The first kappa shape index (κ1) is 35.6. The van der Waals surface area contributed by atoms with Crippen molar-refractivity contribution < 1.29 is 23.9 Å². The Kier molecular flexibility index (Phi) is 15.3. The van der Waals surface area contributed by atoms with Gasteiger partial charge in [0.15, 0.2) is 0 Å². The van der Waals surface area contributed by atoms with Crippen molar-refractivity contribution in [3.63, 3.8) is 0 Å². The summed E-state index contributed by atoms with van der Waals surface area (Å²) in [5.41, 5.74) is 8.78. The van der Waals surface area contributed by atoms with Crippen LogP contribution in [-0.4, -0.2) is 73.4 Å². The lowest BCUT2D eigenvalue weighted by atomic mass is 10.1. The molecule has 0 saturated carbocycles. The molecule has 12 heteroatoms. The number of nitrogens with one attached hydrogen (secondary N) is 5. The van der Waals surface area contributed by atoms with Gasteiger partial charge < -0.3 is 41.6 Å². The highest BCUT2D eigenvalue weighted by Gasteiger charge is 2.21. The van der Waals surface area contributed by atoms with E-state index in [1.165, 1.54) is 18.9 Å². The van der Waals surface area contributed by atoms with E-state index in [0.29, 0.717) is 18.7 Å². The van der Waals surface area contributed by atoms with Crippen LogP contribution in [0.1, 0.15) is 51.2 Å². The van der Waals surface area contributed by atoms with E-state index in [1.807, 2.05) is 50.6 Å². The molecule has 44 heavy (non-hydrogen) atoms. The molecule has 7 N–H and O–H groups in total. The number of nitrogens with zero attached hydrogens (tertiary/aromatic N) is 1. The van der Waals surface area contributed by atoms with Gasteiger partial charge in [-0.15, -0.1) is 0 Å². The summed E-state index contributed by atoms with van der Waals surface area (Å²) in [7, 11) is 4.10.